The second-order valence-corrected chi connectivity index (χ2v) is 7.64. The molecule has 0 bridgehead atoms. The molecule has 3 rings (SSSR count). The van der Waals surface area contributed by atoms with Gasteiger partial charge in [0.25, 0.3) is 5.69 Å². The van der Waals surface area contributed by atoms with E-state index >= 15 is 0 Å². The van der Waals surface area contributed by atoms with Crippen LogP contribution in [-0.2, 0) is 19.1 Å². The van der Waals surface area contributed by atoms with E-state index in [9.17, 15) is 24.8 Å². The second-order valence-electron chi connectivity index (χ2n) is 7.64. The minimum Gasteiger partial charge on any atom is -0.508 e. The van der Waals surface area contributed by atoms with E-state index in [1.54, 1.807) is 51.1 Å². The molecule has 182 valence electrons. The van der Waals surface area contributed by atoms with Crippen LogP contribution in [0.15, 0.2) is 77.1 Å². The van der Waals surface area contributed by atoms with Gasteiger partial charge >= 0.3 is 11.9 Å². The summed E-state index contributed by atoms with van der Waals surface area (Å²) < 4.78 is 10.6. The number of phenolic OH excluding ortho intramolecular Hbond substituents is 1. The highest BCUT2D eigenvalue weighted by Crippen LogP contribution is 2.40. The monoisotopic (exact) mass is 478 g/mol. The number of carbonyl (C=O) groups is 2. The topological polar surface area (TPSA) is 128 Å². The van der Waals surface area contributed by atoms with Gasteiger partial charge in [0.05, 0.1) is 35.2 Å². The van der Waals surface area contributed by atoms with Crippen molar-refractivity contribution in [3.05, 3.63) is 98.4 Å². The number of nitro benzene ring substituents is 1. The molecule has 0 amide bonds. The average Bonchev–Trinajstić information content (AvgIpc) is 2.83. The molecule has 9 heteroatoms. The molecule has 0 saturated heterocycles. The van der Waals surface area contributed by atoms with Gasteiger partial charge in [-0.3, -0.25) is 10.1 Å². The predicted molar refractivity (Wildman–Crippen MR) is 129 cm³/mol. The van der Waals surface area contributed by atoms with E-state index < -0.39 is 22.8 Å². The molecule has 0 aliphatic carbocycles. The van der Waals surface area contributed by atoms with Crippen molar-refractivity contribution in [2.45, 2.75) is 26.7 Å². The lowest BCUT2D eigenvalue weighted by molar-refractivity contribution is -0.384. The van der Waals surface area contributed by atoms with Gasteiger partial charge in [-0.15, -0.1) is 0 Å². The second kappa shape index (κ2) is 11.1. The number of phenols is 1. The van der Waals surface area contributed by atoms with Crippen molar-refractivity contribution in [2.75, 3.05) is 13.2 Å². The first-order valence-electron chi connectivity index (χ1n) is 11.0. The zero-order valence-corrected chi connectivity index (χ0v) is 19.6. The minimum atomic E-state index is -0.964. The van der Waals surface area contributed by atoms with Gasteiger partial charge in [0.15, 0.2) is 0 Å². The van der Waals surface area contributed by atoms with Crippen molar-refractivity contribution in [1.29, 1.82) is 0 Å². The highest BCUT2D eigenvalue weighted by molar-refractivity contribution is 6.00. The maximum Gasteiger partial charge on any atom is 0.337 e. The van der Waals surface area contributed by atoms with Crippen molar-refractivity contribution in [2.24, 2.45) is 0 Å². The van der Waals surface area contributed by atoms with Crippen LogP contribution in [0, 0.1) is 10.1 Å². The van der Waals surface area contributed by atoms with Crippen LogP contribution in [0.5, 0.6) is 5.75 Å². The predicted octanol–water partition coefficient (Wildman–Crippen LogP) is 4.35. The number of hydrogen-bond acceptors (Lipinski definition) is 8. The van der Waals surface area contributed by atoms with Crippen LogP contribution in [0.2, 0.25) is 0 Å². The molecule has 2 N–H and O–H groups in total. The number of ether oxygens (including phenoxy) is 2. The number of rotatable bonds is 8. The number of nitrogens with one attached hydrogen (secondary N) is 1. The average molecular weight is 479 g/mol. The molecule has 35 heavy (non-hydrogen) atoms. The molecule has 1 aliphatic heterocycles. The summed E-state index contributed by atoms with van der Waals surface area (Å²) in [6, 6.07) is 12.3. The maximum absolute atomic E-state index is 13.2. The Hall–Kier alpha value is -4.40. The van der Waals surface area contributed by atoms with Crippen LogP contribution < -0.4 is 5.32 Å². The number of carbonyl (C=O) groups excluding carboxylic acids is 2. The molecule has 1 heterocycles. The zero-order chi connectivity index (χ0) is 25.5. The summed E-state index contributed by atoms with van der Waals surface area (Å²) in [5, 5.41) is 24.1. The number of aromatic hydroxyl groups is 1. The van der Waals surface area contributed by atoms with Crippen LogP contribution in [0.1, 0.15) is 37.8 Å². The Morgan fingerprint density at radius 1 is 1.03 bits per heavy atom. The summed E-state index contributed by atoms with van der Waals surface area (Å²) in [7, 11) is 0. The van der Waals surface area contributed by atoms with E-state index in [1.165, 1.54) is 30.3 Å². The van der Waals surface area contributed by atoms with Gasteiger partial charge in [-0.25, -0.2) is 9.59 Å². The Balaban J connectivity index is 2.23. The fourth-order valence-electron chi connectivity index (χ4n) is 3.82. The third-order valence-electron chi connectivity index (χ3n) is 5.33. The molecular formula is C26H26N2O7. The number of hydrogen-bond donors (Lipinski definition) is 2. The van der Waals surface area contributed by atoms with E-state index in [4.69, 9.17) is 9.47 Å². The van der Waals surface area contributed by atoms with E-state index in [0.29, 0.717) is 17.0 Å². The van der Waals surface area contributed by atoms with Gasteiger partial charge in [0.2, 0.25) is 0 Å². The first-order chi connectivity index (χ1) is 16.8. The smallest absolute Gasteiger partial charge is 0.337 e. The lowest BCUT2D eigenvalue weighted by atomic mass is 9.80. The van der Waals surface area contributed by atoms with Gasteiger partial charge in [0, 0.05) is 23.5 Å². The molecule has 0 aromatic heterocycles. The Morgan fingerprint density at radius 3 is 2.26 bits per heavy atom. The van der Waals surface area contributed by atoms with Crippen LogP contribution in [0.4, 0.5) is 5.69 Å². The highest BCUT2D eigenvalue weighted by atomic mass is 16.6. The van der Waals surface area contributed by atoms with Crippen molar-refractivity contribution in [3.8, 4) is 5.75 Å². The third-order valence-corrected chi connectivity index (χ3v) is 5.33. The molecule has 0 radical (unpaired) electrons. The van der Waals surface area contributed by atoms with E-state index in [1.807, 2.05) is 0 Å². The van der Waals surface area contributed by atoms with E-state index in [0.717, 1.165) is 5.56 Å². The molecule has 2 aromatic carbocycles. The van der Waals surface area contributed by atoms with Gasteiger partial charge in [-0.1, -0.05) is 30.3 Å². The Labute approximate surface area is 202 Å². The van der Waals surface area contributed by atoms with Crippen molar-refractivity contribution >= 4 is 23.7 Å². The molecule has 1 atom stereocenters. The summed E-state index contributed by atoms with van der Waals surface area (Å²) in [5.41, 5.74) is 2.06. The molecule has 9 nitrogen and oxygen atoms in total. The van der Waals surface area contributed by atoms with Crippen molar-refractivity contribution in [3.63, 3.8) is 0 Å². The summed E-state index contributed by atoms with van der Waals surface area (Å²) in [6.45, 7) is 5.21. The molecule has 1 aliphatic rings. The molecule has 0 fully saturated rings. The lowest BCUT2D eigenvalue weighted by Gasteiger charge is -2.30. The summed E-state index contributed by atoms with van der Waals surface area (Å²) >= 11 is 0. The molecule has 2 aromatic rings. The summed E-state index contributed by atoms with van der Waals surface area (Å²) in [4.78, 5) is 37.1. The first kappa shape index (κ1) is 25.2. The number of dihydropyridines is 1. The van der Waals surface area contributed by atoms with Crippen LogP contribution >= 0.6 is 0 Å². The fraction of sp³-hybridized carbons (Fsp3) is 0.231. The van der Waals surface area contributed by atoms with Crippen LogP contribution in [0.3, 0.4) is 0 Å². The maximum atomic E-state index is 13.2. The SMILES string of the molecule is CCOC(=O)C1=C(C)NC(C=Cc2ccc(O)cc2)=C(C(=O)OCC)C1c1cccc([N+](=O)[O-])c1. The number of nitro groups is 1. The van der Waals surface area contributed by atoms with Crippen LogP contribution in [-0.4, -0.2) is 35.2 Å². The summed E-state index contributed by atoms with van der Waals surface area (Å²) in [5.74, 6) is -2.16. The number of allylic oxidation sites excluding steroid dienone is 2. The number of esters is 2. The Morgan fingerprint density at radius 2 is 1.66 bits per heavy atom. The summed E-state index contributed by atoms with van der Waals surface area (Å²) in [6.07, 6.45) is 3.39. The lowest BCUT2D eigenvalue weighted by Crippen LogP contribution is -2.33. The van der Waals surface area contributed by atoms with E-state index in [2.05, 4.69) is 5.32 Å². The van der Waals surface area contributed by atoms with Crippen molar-refractivity contribution < 1.29 is 29.1 Å². The quantitative estimate of drug-likeness (QED) is 0.325. The van der Waals surface area contributed by atoms with Gasteiger partial charge in [0.1, 0.15) is 5.75 Å². The molecular weight excluding hydrogens is 452 g/mol. The van der Waals surface area contributed by atoms with Crippen LogP contribution in [0.25, 0.3) is 6.08 Å². The highest BCUT2D eigenvalue weighted by Gasteiger charge is 2.39. The largest absolute Gasteiger partial charge is 0.508 e. The zero-order valence-electron chi connectivity index (χ0n) is 19.6. The normalized spacial score (nSPS) is 15.7. The van der Waals surface area contributed by atoms with E-state index in [-0.39, 0.29) is 35.8 Å². The number of benzene rings is 2. The minimum absolute atomic E-state index is 0.0936. The van der Waals surface area contributed by atoms with Crippen molar-refractivity contribution in [1.82, 2.24) is 5.32 Å². The molecule has 0 saturated carbocycles. The number of nitrogens with zero attached hydrogens (tertiary/aromatic N) is 1. The van der Waals surface area contributed by atoms with Gasteiger partial charge in [-0.2, -0.15) is 0 Å². The third kappa shape index (κ3) is 5.75. The Kier molecular flexibility index (Phi) is 8.04. The molecule has 0 spiro atoms. The van der Waals surface area contributed by atoms with Gasteiger partial charge in [-0.05, 0) is 50.1 Å². The first-order valence-corrected chi connectivity index (χ1v) is 11.0. The molecule has 1 unspecified atom stereocenters. The fourth-order valence-corrected chi connectivity index (χ4v) is 3.82. The number of non-ortho nitro benzene ring substituents is 1. The Bertz CT molecular complexity index is 1230. The van der Waals surface area contributed by atoms with Gasteiger partial charge < -0.3 is 19.9 Å². The standard InChI is InChI=1S/C26H26N2O7/c1-4-34-25(30)22-16(3)27-21(14-11-17-9-12-20(29)13-10-17)24(26(31)35-5-2)23(22)18-7-6-8-19(15-18)28(32)33/h6-15,23,27,29H,4-5H2,1-3H3.